The molecule has 2 heterocycles. The molecule has 0 fully saturated rings. The highest BCUT2D eigenvalue weighted by Crippen LogP contribution is 2.19. The summed E-state index contributed by atoms with van der Waals surface area (Å²) in [5.74, 6) is 1.29. The van der Waals surface area contributed by atoms with E-state index in [0.29, 0.717) is 11.7 Å². The van der Waals surface area contributed by atoms with Crippen molar-refractivity contribution in [1.29, 1.82) is 0 Å². The zero-order valence-corrected chi connectivity index (χ0v) is 12.4. The number of nitrogens with zero attached hydrogens (tertiary/aromatic N) is 1. The molecule has 3 heteroatoms. The molecule has 2 aromatic heterocycles. The molecule has 20 heavy (non-hydrogen) atoms. The largest absolute Gasteiger partial charge is 0.459 e. The van der Waals surface area contributed by atoms with E-state index in [0.717, 1.165) is 12.1 Å². The molecule has 0 unspecified atom stereocenters. The third kappa shape index (κ3) is 4.87. The summed E-state index contributed by atoms with van der Waals surface area (Å²) in [6.45, 7) is 2.26. The lowest BCUT2D eigenvalue weighted by atomic mass is 10.1. The van der Waals surface area contributed by atoms with Crippen LogP contribution in [0.5, 0.6) is 0 Å². The zero-order valence-electron chi connectivity index (χ0n) is 12.4. The van der Waals surface area contributed by atoms with Gasteiger partial charge in [-0.15, -0.1) is 0 Å². The average molecular weight is 275 g/mol. The van der Waals surface area contributed by atoms with Crippen molar-refractivity contribution in [3.05, 3.63) is 30.4 Å². The van der Waals surface area contributed by atoms with Gasteiger partial charge in [0.2, 0.25) is 0 Å². The molecular weight excluding hydrogens is 250 g/mol. The quantitative estimate of drug-likeness (QED) is 0.528. The predicted molar refractivity (Wildman–Crippen MR) is 80.5 cm³/mol. The van der Waals surface area contributed by atoms with Crippen molar-refractivity contribution in [1.82, 2.24) is 4.98 Å². The van der Waals surface area contributed by atoms with E-state index in [4.69, 9.17) is 8.83 Å². The molecule has 2 aromatic rings. The fraction of sp³-hybridized carbons (Fsp3) is 0.588. The summed E-state index contributed by atoms with van der Waals surface area (Å²) in [6, 6.07) is 3.71. The van der Waals surface area contributed by atoms with Gasteiger partial charge in [0.15, 0.2) is 5.76 Å². The fourth-order valence-corrected chi connectivity index (χ4v) is 2.38. The standard InChI is InChI=1S/C17H25NO2/c1-2-3-4-5-6-7-8-9-11-15-14-20-17(18-15)16-12-10-13-19-16/h10,12-14H,2-9,11H2,1H3. The topological polar surface area (TPSA) is 39.2 Å². The summed E-state index contributed by atoms with van der Waals surface area (Å²) in [5.41, 5.74) is 1.03. The Bertz CT molecular complexity index is 459. The van der Waals surface area contributed by atoms with Crippen LogP contribution in [0.15, 0.2) is 33.5 Å². The number of rotatable bonds is 10. The van der Waals surface area contributed by atoms with Gasteiger partial charge < -0.3 is 8.83 Å². The maximum atomic E-state index is 5.43. The normalized spacial score (nSPS) is 11.1. The van der Waals surface area contributed by atoms with Crippen molar-refractivity contribution in [2.45, 2.75) is 64.7 Å². The highest BCUT2D eigenvalue weighted by atomic mass is 16.4. The van der Waals surface area contributed by atoms with Gasteiger partial charge in [-0.05, 0) is 25.0 Å². The Hall–Kier alpha value is -1.51. The van der Waals surface area contributed by atoms with Crippen LogP contribution in [0.25, 0.3) is 11.7 Å². The Morgan fingerprint density at radius 2 is 1.70 bits per heavy atom. The van der Waals surface area contributed by atoms with Crippen molar-refractivity contribution in [2.24, 2.45) is 0 Å². The second kappa shape index (κ2) is 8.62. The molecule has 0 aliphatic rings. The molecule has 0 bridgehead atoms. The smallest absolute Gasteiger partial charge is 0.262 e. The zero-order chi connectivity index (χ0) is 14.0. The summed E-state index contributed by atoms with van der Waals surface area (Å²) in [7, 11) is 0. The van der Waals surface area contributed by atoms with Gasteiger partial charge in [-0.1, -0.05) is 51.9 Å². The van der Waals surface area contributed by atoms with E-state index in [2.05, 4.69) is 11.9 Å². The van der Waals surface area contributed by atoms with Crippen LogP contribution in [-0.2, 0) is 6.42 Å². The van der Waals surface area contributed by atoms with E-state index in [1.807, 2.05) is 12.1 Å². The van der Waals surface area contributed by atoms with Gasteiger partial charge in [0.1, 0.15) is 6.26 Å². The predicted octanol–water partition coefficient (Wildman–Crippen LogP) is 5.62. The van der Waals surface area contributed by atoms with E-state index in [9.17, 15) is 0 Å². The van der Waals surface area contributed by atoms with Crippen LogP contribution in [0, 0.1) is 0 Å². The summed E-state index contributed by atoms with van der Waals surface area (Å²) in [5, 5.41) is 0. The first kappa shape index (κ1) is 14.9. The number of furan rings is 1. The molecule has 0 N–H and O–H groups in total. The number of hydrogen-bond acceptors (Lipinski definition) is 3. The van der Waals surface area contributed by atoms with Gasteiger partial charge in [-0.25, -0.2) is 4.98 Å². The number of aromatic nitrogens is 1. The first-order valence-electron chi connectivity index (χ1n) is 7.88. The fourth-order valence-electron chi connectivity index (χ4n) is 2.38. The Morgan fingerprint density at radius 3 is 2.40 bits per heavy atom. The molecule has 0 aromatic carbocycles. The molecule has 0 saturated carbocycles. The second-order valence-electron chi connectivity index (χ2n) is 5.35. The van der Waals surface area contributed by atoms with E-state index >= 15 is 0 Å². The molecule has 3 nitrogen and oxygen atoms in total. The molecule has 0 spiro atoms. The van der Waals surface area contributed by atoms with Crippen LogP contribution in [0.1, 0.15) is 64.0 Å². The molecular formula is C17H25NO2. The minimum Gasteiger partial charge on any atom is -0.459 e. The molecule has 110 valence electrons. The lowest BCUT2D eigenvalue weighted by molar-refractivity contribution is 0.516. The van der Waals surface area contributed by atoms with E-state index in [1.165, 1.54) is 51.4 Å². The molecule has 0 saturated heterocycles. The van der Waals surface area contributed by atoms with Gasteiger partial charge in [-0.3, -0.25) is 0 Å². The number of unbranched alkanes of at least 4 members (excludes halogenated alkanes) is 7. The van der Waals surface area contributed by atoms with Crippen LogP contribution in [-0.4, -0.2) is 4.98 Å². The Kier molecular flexibility index (Phi) is 6.42. The monoisotopic (exact) mass is 275 g/mol. The molecule has 2 rings (SSSR count). The first-order valence-corrected chi connectivity index (χ1v) is 7.88. The van der Waals surface area contributed by atoms with E-state index in [1.54, 1.807) is 12.5 Å². The Labute approximate surface area is 121 Å². The summed E-state index contributed by atoms with van der Waals surface area (Å²) in [4.78, 5) is 4.45. The van der Waals surface area contributed by atoms with Gasteiger partial charge in [0.25, 0.3) is 5.89 Å². The number of hydrogen-bond donors (Lipinski definition) is 0. The SMILES string of the molecule is CCCCCCCCCCc1coc(-c2ccco2)n1. The van der Waals surface area contributed by atoms with E-state index in [-0.39, 0.29) is 0 Å². The summed E-state index contributed by atoms with van der Waals surface area (Å²) < 4.78 is 10.7. The highest BCUT2D eigenvalue weighted by molar-refractivity contribution is 5.43. The molecule has 0 aliphatic carbocycles. The van der Waals surface area contributed by atoms with Crippen LogP contribution in [0.2, 0.25) is 0 Å². The van der Waals surface area contributed by atoms with Gasteiger partial charge in [0.05, 0.1) is 12.0 Å². The van der Waals surface area contributed by atoms with Crippen molar-refractivity contribution in [3.8, 4) is 11.7 Å². The van der Waals surface area contributed by atoms with Crippen molar-refractivity contribution >= 4 is 0 Å². The maximum absolute atomic E-state index is 5.43. The summed E-state index contributed by atoms with van der Waals surface area (Å²) in [6.07, 6.45) is 15.1. The lowest BCUT2D eigenvalue weighted by Crippen LogP contribution is -1.87. The molecule has 0 radical (unpaired) electrons. The number of oxazole rings is 1. The molecule has 0 amide bonds. The minimum absolute atomic E-state index is 0.588. The van der Waals surface area contributed by atoms with Gasteiger partial charge >= 0.3 is 0 Å². The number of aryl methyl sites for hydroxylation is 1. The first-order chi connectivity index (χ1) is 9.90. The Morgan fingerprint density at radius 1 is 0.950 bits per heavy atom. The maximum Gasteiger partial charge on any atom is 0.262 e. The van der Waals surface area contributed by atoms with E-state index < -0.39 is 0 Å². The minimum atomic E-state index is 0.588. The lowest BCUT2D eigenvalue weighted by Gasteiger charge is -2.00. The van der Waals surface area contributed by atoms with Gasteiger partial charge in [-0.2, -0.15) is 0 Å². The molecule has 0 atom stereocenters. The third-order valence-corrected chi connectivity index (χ3v) is 3.57. The molecule has 0 aliphatic heterocycles. The van der Waals surface area contributed by atoms with Crippen LogP contribution < -0.4 is 0 Å². The second-order valence-corrected chi connectivity index (χ2v) is 5.35. The van der Waals surface area contributed by atoms with Crippen LogP contribution in [0.3, 0.4) is 0 Å². The van der Waals surface area contributed by atoms with Crippen LogP contribution in [0.4, 0.5) is 0 Å². The van der Waals surface area contributed by atoms with Gasteiger partial charge in [0, 0.05) is 0 Å². The summed E-state index contributed by atoms with van der Waals surface area (Å²) >= 11 is 0. The average Bonchev–Trinajstić information content (AvgIpc) is 3.12. The van der Waals surface area contributed by atoms with Crippen molar-refractivity contribution in [3.63, 3.8) is 0 Å². The van der Waals surface area contributed by atoms with Crippen LogP contribution >= 0.6 is 0 Å². The Balaban J connectivity index is 1.58. The highest BCUT2D eigenvalue weighted by Gasteiger charge is 2.08. The van der Waals surface area contributed by atoms with Crippen molar-refractivity contribution in [2.75, 3.05) is 0 Å². The third-order valence-electron chi connectivity index (χ3n) is 3.57. The van der Waals surface area contributed by atoms with Crippen molar-refractivity contribution < 1.29 is 8.83 Å².